The molecule has 0 aliphatic rings. The lowest BCUT2D eigenvalue weighted by molar-refractivity contribution is -0.161. The molecule has 0 aromatic rings. The molecule has 0 aromatic heterocycles. The maximum absolute atomic E-state index is 13.0. The summed E-state index contributed by atoms with van der Waals surface area (Å²) >= 11 is 0. The van der Waals surface area contributed by atoms with Gasteiger partial charge in [-0.1, -0.05) is 97.3 Å². The molecule has 0 aliphatic heterocycles. The van der Waals surface area contributed by atoms with Gasteiger partial charge in [-0.25, -0.2) is 0 Å². The normalized spacial score (nSPS) is 11.9. The van der Waals surface area contributed by atoms with Crippen LogP contribution in [0.2, 0.25) is 0 Å². The number of esters is 1. The van der Waals surface area contributed by atoms with Crippen LogP contribution in [-0.4, -0.2) is 36.9 Å². The van der Waals surface area contributed by atoms with Gasteiger partial charge in [0.1, 0.15) is 6.10 Å². The van der Waals surface area contributed by atoms with Gasteiger partial charge in [0.25, 0.3) is 0 Å². The molecule has 2 N–H and O–H groups in total. The largest absolute Gasteiger partial charge is 0.462 e. The van der Waals surface area contributed by atoms with Gasteiger partial charge < -0.3 is 15.2 Å². The molecular formula is C29H59NO3. The fourth-order valence-corrected chi connectivity index (χ4v) is 4.35. The third kappa shape index (κ3) is 20.5. The summed E-state index contributed by atoms with van der Waals surface area (Å²) in [5, 5.41) is 12.0. The summed E-state index contributed by atoms with van der Waals surface area (Å²) < 4.78 is 6.12. The zero-order valence-electron chi connectivity index (χ0n) is 22.9. The van der Waals surface area contributed by atoms with Crippen LogP contribution in [0, 0.1) is 5.41 Å². The molecule has 0 aromatic carbocycles. The van der Waals surface area contributed by atoms with Crippen molar-refractivity contribution in [1.29, 1.82) is 0 Å². The molecular weight excluding hydrogens is 410 g/mol. The van der Waals surface area contributed by atoms with Crippen LogP contribution in [0.1, 0.15) is 150 Å². The second-order valence-electron chi connectivity index (χ2n) is 10.7. The molecule has 0 heterocycles. The van der Waals surface area contributed by atoms with E-state index in [-0.39, 0.29) is 18.7 Å². The number of aliphatic hydroxyl groups excluding tert-OH is 1. The van der Waals surface area contributed by atoms with E-state index < -0.39 is 5.41 Å². The van der Waals surface area contributed by atoms with Crippen LogP contribution in [0.25, 0.3) is 0 Å². The molecule has 0 saturated heterocycles. The summed E-state index contributed by atoms with van der Waals surface area (Å²) in [6.07, 6.45) is 23.0. The molecule has 4 heteroatoms. The maximum Gasteiger partial charge on any atom is 0.311 e. The molecule has 198 valence electrons. The van der Waals surface area contributed by atoms with Gasteiger partial charge in [-0.3, -0.25) is 4.79 Å². The van der Waals surface area contributed by atoms with Gasteiger partial charge in [-0.2, -0.15) is 0 Å². The summed E-state index contributed by atoms with van der Waals surface area (Å²) in [5.74, 6) is 0.00841. The van der Waals surface area contributed by atoms with Crippen molar-refractivity contribution >= 4 is 5.97 Å². The first kappa shape index (κ1) is 32.4. The third-order valence-electron chi connectivity index (χ3n) is 6.78. The molecule has 0 saturated carbocycles. The van der Waals surface area contributed by atoms with E-state index in [0.29, 0.717) is 6.54 Å². The van der Waals surface area contributed by atoms with Gasteiger partial charge >= 0.3 is 5.97 Å². The third-order valence-corrected chi connectivity index (χ3v) is 6.78. The highest BCUT2D eigenvalue weighted by atomic mass is 16.5. The number of hydrogen-bond acceptors (Lipinski definition) is 4. The second kappa shape index (κ2) is 23.1. The minimum atomic E-state index is -0.393. The topological polar surface area (TPSA) is 58.6 Å². The Morgan fingerprint density at radius 2 is 1.21 bits per heavy atom. The lowest BCUT2D eigenvalue weighted by Gasteiger charge is -2.27. The first-order chi connectivity index (χ1) is 16.0. The Morgan fingerprint density at radius 3 is 1.76 bits per heavy atom. The summed E-state index contributed by atoms with van der Waals surface area (Å²) in [6.45, 7) is 10.5. The fraction of sp³-hybridized carbons (Fsp3) is 0.966. The minimum absolute atomic E-state index is 0.00841. The van der Waals surface area contributed by atoms with Crippen LogP contribution in [-0.2, 0) is 9.53 Å². The first-order valence-electron chi connectivity index (χ1n) is 14.5. The van der Waals surface area contributed by atoms with E-state index in [4.69, 9.17) is 9.84 Å². The summed E-state index contributed by atoms with van der Waals surface area (Å²) in [4.78, 5) is 13.0. The molecule has 0 spiro atoms. The Labute approximate surface area is 207 Å². The highest BCUT2D eigenvalue weighted by Gasteiger charge is 2.30. The standard InChI is InChI=1S/C29H59NO3/c1-5-7-9-11-13-17-21-27(22-18-14-12-10-8-6-2)33-28(32)29(3,4)23-19-15-16-20-24-30-25-26-31/h27,30-31H,5-26H2,1-4H3. The van der Waals surface area contributed by atoms with Gasteiger partial charge in [0, 0.05) is 6.54 Å². The van der Waals surface area contributed by atoms with Crippen molar-refractivity contribution in [3.05, 3.63) is 0 Å². The molecule has 0 atom stereocenters. The van der Waals surface area contributed by atoms with E-state index in [1.807, 2.05) is 0 Å². The van der Waals surface area contributed by atoms with Crippen LogP contribution in [0.3, 0.4) is 0 Å². The summed E-state index contributed by atoms with van der Waals surface area (Å²) in [7, 11) is 0. The smallest absolute Gasteiger partial charge is 0.311 e. The van der Waals surface area contributed by atoms with Crippen LogP contribution < -0.4 is 5.32 Å². The van der Waals surface area contributed by atoms with Gasteiger partial charge in [-0.05, 0) is 58.9 Å². The number of ether oxygens (including phenoxy) is 1. The Hall–Kier alpha value is -0.610. The van der Waals surface area contributed by atoms with Crippen LogP contribution >= 0.6 is 0 Å². The quantitative estimate of drug-likeness (QED) is 0.105. The number of hydrogen-bond donors (Lipinski definition) is 2. The first-order valence-corrected chi connectivity index (χ1v) is 14.5. The van der Waals surface area contributed by atoms with Crippen LogP contribution in [0.15, 0.2) is 0 Å². The Bertz CT molecular complexity index is 409. The molecule has 0 amide bonds. The lowest BCUT2D eigenvalue weighted by Crippen LogP contribution is -2.31. The van der Waals surface area contributed by atoms with Crippen molar-refractivity contribution in [2.45, 2.75) is 156 Å². The second-order valence-corrected chi connectivity index (χ2v) is 10.7. The van der Waals surface area contributed by atoms with Crippen molar-refractivity contribution in [3.63, 3.8) is 0 Å². The van der Waals surface area contributed by atoms with E-state index in [9.17, 15) is 4.79 Å². The molecule has 0 fully saturated rings. The SMILES string of the molecule is CCCCCCCCC(CCCCCCCC)OC(=O)C(C)(C)CCCCCCNCCO. The number of carbonyl (C=O) groups is 1. The average molecular weight is 470 g/mol. The number of rotatable bonds is 25. The molecule has 0 rings (SSSR count). The highest BCUT2D eigenvalue weighted by molar-refractivity contribution is 5.76. The summed E-state index contributed by atoms with van der Waals surface area (Å²) in [6, 6.07) is 0. The Kier molecular flexibility index (Phi) is 22.7. The minimum Gasteiger partial charge on any atom is -0.462 e. The van der Waals surface area contributed by atoms with E-state index in [2.05, 4.69) is 33.0 Å². The Balaban J connectivity index is 4.32. The van der Waals surface area contributed by atoms with Crippen molar-refractivity contribution in [3.8, 4) is 0 Å². The number of carbonyl (C=O) groups excluding carboxylic acids is 1. The van der Waals surface area contributed by atoms with Crippen LogP contribution in [0.4, 0.5) is 0 Å². The average Bonchev–Trinajstić information content (AvgIpc) is 2.79. The van der Waals surface area contributed by atoms with Gasteiger partial charge in [-0.15, -0.1) is 0 Å². The Morgan fingerprint density at radius 1 is 0.727 bits per heavy atom. The molecule has 0 radical (unpaired) electrons. The monoisotopic (exact) mass is 469 g/mol. The molecule has 33 heavy (non-hydrogen) atoms. The highest BCUT2D eigenvalue weighted by Crippen LogP contribution is 2.28. The zero-order valence-corrected chi connectivity index (χ0v) is 22.9. The van der Waals surface area contributed by atoms with Crippen molar-refractivity contribution in [2.24, 2.45) is 5.41 Å². The fourth-order valence-electron chi connectivity index (χ4n) is 4.35. The van der Waals surface area contributed by atoms with Gasteiger partial charge in [0.05, 0.1) is 12.0 Å². The molecule has 0 aliphatic carbocycles. The van der Waals surface area contributed by atoms with E-state index in [0.717, 1.165) is 45.1 Å². The maximum atomic E-state index is 13.0. The van der Waals surface area contributed by atoms with Crippen molar-refractivity contribution in [2.75, 3.05) is 19.7 Å². The summed E-state index contributed by atoms with van der Waals surface area (Å²) in [5.41, 5.74) is -0.393. The van der Waals surface area contributed by atoms with E-state index in [1.165, 1.54) is 83.5 Å². The predicted octanol–water partition coefficient (Wildman–Crippen LogP) is 7.96. The van der Waals surface area contributed by atoms with E-state index >= 15 is 0 Å². The molecule has 4 nitrogen and oxygen atoms in total. The zero-order chi connectivity index (χ0) is 24.6. The van der Waals surface area contributed by atoms with E-state index in [1.54, 1.807) is 0 Å². The number of unbranched alkanes of at least 4 members (excludes halogenated alkanes) is 13. The van der Waals surface area contributed by atoms with Gasteiger partial charge in [0.15, 0.2) is 0 Å². The number of nitrogens with one attached hydrogen (secondary N) is 1. The van der Waals surface area contributed by atoms with Crippen LogP contribution in [0.5, 0.6) is 0 Å². The molecule has 0 unspecified atom stereocenters. The van der Waals surface area contributed by atoms with Crippen molar-refractivity contribution in [1.82, 2.24) is 5.32 Å². The van der Waals surface area contributed by atoms with Crippen molar-refractivity contribution < 1.29 is 14.6 Å². The molecule has 0 bridgehead atoms. The predicted molar refractivity (Wildman–Crippen MR) is 143 cm³/mol. The van der Waals surface area contributed by atoms with Gasteiger partial charge in [0.2, 0.25) is 0 Å². The number of aliphatic hydroxyl groups is 1. The lowest BCUT2D eigenvalue weighted by atomic mass is 9.86.